The molecule has 228 valence electrons. The zero-order valence-corrected chi connectivity index (χ0v) is 26.6. The Morgan fingerprint density at radius 3 is 2.15 bits per heavy atom. The molecule has 2 aromatic heterocycles. The number of pyridine rings is 1. The number of rotatable bonds is 7. The number of fused-ring (bicyclic) bond motifs is 5. The third-order valence-corrected chi connectivity index (χ3v) is 8.89. The van der Waals surface area contributed by atoms with E-state index in [0.717, 1.165) is 38.9 Å². The molecule has 7 rings (SSSR count). The van der Waals surface area contributed by atoms with Gasteiger partial charge >= 0.3 is 0 Å². The van der Waals surface area contributed by atoms with Crippen LogP contribution in [-0.2, 0) is 0 Å². The van der Waals surface area contributed by atoms with E-state index < -0.39 is 0 Å². The van der Waals surface area contributed by atoms with Crippen LogP contribution in [0.3, 0.4) is 0 Å². The predicted octanol–water partition coefficient (Wildman–Crippen LogP) is 10.3. The number of nitrogens with zero attached hydrogens (tertiary/aromatic N) is 2. The van der Waals surface area contributed by atoms with Crippen LogP contribution in [0.4, 0.5) is 0 Å². The minimum Gasteiger partial charge on any atom is -0.405 e. The van der Waals surface area contributed by atoms with Gasteiger partial charge in [-0.3, -0.25) is 4.98 Å². The summed E-state index contributed by atoms with van der Waals surface area (Å²) in [4.78, 5) is 4.19. The zero-order chi connectivity index (χ0) is 32.3. The van der Waals surface area contributed by atoms with Crippen LogP contribution >= 0.6 is 0 Å². The van der Waals surface area contributed by atoms with Gasteiger partial charge in [0, 0.05) is 40.4 Å². The molecule has 0 fully saturated rings. The van der Waals surface area contributed by atoms with Crippen molar-refractivity contribution in [2.75, 3.05) is 0 Å². The Bertz CT molecular complexity index is 2370. The van der Waals surface area contributed by atoms with Crippen molar-refractivity contribution < 1.29 is 0 Å². The third-order valence-electron chi connectivity index (χ3n) is 8.89. The fourth-order valence-corrected chi connectivity index (χ4v) is 6.57. The van der Waals surface area contributed by atoms with Crippen molar-refractivity contribution in [1.29, 1.82) is 0 Å². The van der Waals surface area contributed by atoms with E-state index >= 15 is 0 Å². The topological polar surface area (TPSA) is 69.9 Å². The summed E-state index contributed by atoms with van der Waals surface area (Å²) in [5.74, 6) is 0. The van der Waals surface area contributed by atoms with Gasteiger partial charge in [0.05, 0.1) is 11.0 Å². The van der Waals surface area contributed by atoms with Gasteiger partial charge in [0.2, 0.25) is 0 Å². The summed E-state index contributed by atoms with van der Waals surface area (Å²) in [6.45, 7) is 4.08. The van der Waals surface area contributed by atoms with Crippen molar-refractivity contribution in [2.45, 2.75) is 13.8 Å². The lowest BCUT2D eigenvalue weighted by molar-refractivity contribution is 1.19. The van der Waals surface area contributed by atoms with E-state index in [4.69, 9.17) is 11.5 Å². The highest BCUT2D eigenvalue weighted by atomic mass is 15.0. The maximum atomic E-state index is 6.18. The minimum atomic E-state index is 0.955. The van der Waals surface area contributed by atoms with Gasteiger partial charge < -0.3 is 16.0 Å². The second-order valence-electron chi connectivity index (χ2n) is 11.7. The molecule has 2 heterocycles. The van der Waals surface area contributed by atoms with E-state index in [-0.39, 0.29) is 0 Å². The first-order valence-corrected chi connectivity index (χ1v) is 15.8. The molecular weight excluding hydrogens is 573 g/mol. The summed E-state index contributed by atoms with van der Waals surface area (Å²) < 4.78 is 2.41. The van der Waals surface area contributed by atoms with E-state index in [0.29, 0.717) is 0 Å². The first-order valence-electron chi connectivity index (χ1n) is 15.8. The number of allylic oxidation sites excluding steroid dienone is 6. The van der Waals surface area contributed by atoms with Crippen LogP contribution in [0.1, 0.15) is 19.4 Å². The Balaban J connectivity index is 1.41. The molecule has 0 saturated carbocycles. The summed E-state index contributed by atoms with van der Waals surface area (Å²) >= 11 is 0. The van der Waals surface area contributed by atoms with Gasteiger partial charge in [-0.15, -0.1) is 0 Å². The average molecular weight is 609 g/mol. The average Bonchev–Trinajstić information content (AvgIpc) is 3.47. The highest BCUT2D eigenvalue weighted by Crippen LogP contribution is 2.39. The molecule has 0 atom stereocenters. The van der Waals surface area contributed by atoms with Crippen LogP contribution in [0, 0.1) is 0 Å². The summed E-state index contributed by atoms with van der Waals surface area (Å²) in [6.07, 6.45) is 13.0. The van der Waals surface area contributed by atoms with Gasteiger partial charge in [0.1, 0.15) is 0 Å². The number of para-hydroxylation sites is 1. The van der Waals surface area contributed by atoms with E-state index in [9.17, 15) is 0 Å². The molecule has 0 bridgehead atoms. The predicted molar refractivity (Wildman–Crippen MR) is 200 cm³/mol. The van der Waals surface area contributed by atoms with Crippen LogP contribution in [0.25, 0.3) is 66.1 Å². The molecule has 0 spiro atoms. The monoisotopic (exact) mass is 608 g/mol. The van der Waals surface area contributed by atoms with Gasteiger partial charge in [0.25, 0.3) is 0 Å². The Morgan fingerprint density at radius 1 is 0.681 bits per heavy atom. The van der Waals surface area contributed by atoms with Crippen molar-refractivity contribution >= 4 is 38.2 Å². The van der Waals surface area contributed by atoms with E-state index in [1.165, 1.54) is 43.9 Å². The van der Waals surface area contributed by atoms with Crippen LogP contribution in [-0.4, -0.2) is 9.55 Å². The molecular formula is C43H36N4. The van der Waals surface area contributed by atoms with Crippen LogP contribution in [0.5, 0.6) is 0 Å². The minimum absolute atomic E-state index is 0.955. The molecule has 0 saturated heterocycles. The summed E-state index contributed by atoms with van der Waals surface area (Å²) in [7, 11) is 0. The molecule has 0 radical (unpaired) electrons. The van der Waals surface area contributed by atoms with E-state index in [1.54, 1.807) is 12.4 Å². The molecule has 0 unspecified atom stereocenters. The second kappa shape index (κ2) is 12.7. The second-order valence-corrected chi connectivity index (χ2v) is 11.7. The number of nitrogens with two attached hydrogens (primary N) is 2. The Labute approximate surface area is 275 Å². The van der Waals surface area contributed by atoms with Gasteiger partial charge in [0.15, 0.2) is 0 Å². The molecule has 0 amide bonds. The molecule has 47 heavy (non-hydrogen) atoms. The van der Waals surface area contributed by atoms with Crippen molar-refractivity contribution in [3.8, 4) is 27.9 Å². The third kappa shape index (κ3) is 5.51. The first kappa shape index (κ1) is 29.6. The van der Waals surface area contributed by atoms with E-state index in [2.05, 4.69) is 138 Å². The fourth-order valence-electron chi connectivity index (χ4n) is 6.57. The standard InChI is InChI=1S/C43H36N4/c1-3-30(18-21-44)29(2)24-37(28-45)34-12-15-39-36(26-34)14-17-41-40-16-13-35(27-42(40)47(43(39)41)38-10-5-4-6-11-38)33-9-7-8-32(25-33)31-19-22-46-23-20-31/h3-28H,44-45H2,1-2H3/b21-18-,29-24+,30-3+,37-28+. The molecule has 5 aromatic carbocycles. The lowest BCUT2D eigenvalue weighted by atomic mass is 9.96. The van der Waals surface area contributed by atoms with Crippen molar-refractivity contribution in [3.63, 3.8) is 0 Å². The van der Waals surface area contributed by atoms with Crippen molar-refractivity contribution in [1.82, 2.24) is 9.55 Å². The summed E-state index contributed by atoms with van der Waals surface area (Å²) in [5.41, 5.74) is 24.2. The number of aromatic nitrogens is 2. The highest BCUT2D eigenvalue weighted by molar-refractivity contribution is 6.19. The molecule has 0 aliphatic rings. The number of benzene rings is 5. The summed E-state index contributed by atoms with van der Waals surface area (Å²) in [5, 5.41) is 4.78. The molecule has 0 aliphatic carbocycles. The maximum absolute atomic E-state index is 6.18. The molecule has 4 N–H and O–H groups in total. The van der Waals surface area contributed by atoms with Crippen molar-refractivity contribution in [2.24, 2.45) is 11.5 Å². The largest absolute Gasteiger partial charge is 0.405 e. The van der Waals surface area contributed by atoms with Gasteiger partial charge in [-0.2, -0.15) is 0 Å². The van der Waals surface area contributed by atoms with Crippen molar-refractivity contribution in [3.05, 3.63) is 175 Å². The highest BCUT2D eigenvalue weighted by Gasteiger charge is 2.17. The lowest BCUT2D eigenvalue weighted by Gasteiger charge is -2.12. The lowest BCUT2D eigenvalue weighted by Crippen LogP contribution is -1.95. The van der Waals surface area contributed by atoms with Crippen LogP contribution in [0.2, 0.25) is 0 Å². The molecule has 7 aromatic rings. The number of hydrogen-bond acceptors (Lipinski definition) is 3. The first-order chi connectivity index (χ1) is 23.1. The van der Waals surface area contributed by atoms with Crippen LogP contribution < -0.4 is 11.5 Å². The molecule has 4 nitrogen and oxygen atoms in total. The molecule has 4 heteroatoms. The quantitative estimate of drug-likeness (QED) is 0.177. The van der Waals surface area contributed by atoms with Gasteiger partial charge in [-0.1, -0.05) is 78.9 Å². The normalized spacial score (nSPS) is 12.9. The number of hydrogen-bond donors (Lipinski definition) is 2. The van der Waals surface area contributed by atoms with Gasteiger partial charge in [-0.05, 0) is 125 Å². The van der Waals surface area contributed by atoms with Crippen LogP contribution in [0.15, 0.2) is 169 Å². The van der Waals surface area contributed by atoms with Gasteiger partial charge in [-0.25, -0.2) is 0 Å². The Hall–Kier alpha value is -6.13. The molecule has 0 aliphatic heterocycles. The fraction of sp³-hybridized carbons (Fsp3) is 0.0465. The Kier molecular flexibility index (Phi) is 7.99. The smallest absolute Gasteiger partial charge is 0.0619 e. The summed E-state index contributed by atoms with van der Waals surface area (Å²) in [6, 6.07) is 41.4. The maximum Gasteiger partial charge on any atom is 0.0619 e. The zero-order valence-electron chi connectivity index (χ0n) is 26.6. The SMILES string of the molecule is C/C=C(\C=C/N)C(/C)=C/C(=C\N)c1ccc2c(ccc3c4ccc(-c5cccc(-c6ccncc6)c5)cc4n(-c4ccccc4)c23)c1. The Morgan fingerprint density at radius 2 is 1.40 bits per heavy atom. The van der Waals surface area contributed by atoms with E-state index in [1.807, 2.05) is 31.5 Å².